The van der Waals surface area contributed by atoms with Crippen LogP contribution in [0.25, 0.3) is 0 Å². The van der Waals surface area contributed by atoms with Gasteiger partial charge in [0.2, 0.25) is 0 Å². The predicted molar refractivity (Wildman–Crippen MR) is 77.3 cm³/mol. The number of rotatable bonds is 3. The van der Waals surface area contributed by atoms with Crippen LogP contribution in [0.15, 0.2) is 24.3 Å². The molecule has 2 aliphatic heterocycles. The van der Waals surface area contributed by atoms with E-state index in [1.807, 2.05) is 23.1 Å². The Hall–Kier alpha value is -2.12. The first kappa shape index (κ1) is 13.8. The number of nitrogen functional groups attached to an aromatic ring is 1. The largest absolute Gasteiger partial charge is 0.336 e. The third-order valence-corrected chi connectivity index (χ3v) is 4.10. The molecule has 0 saturated carbocycles. The summed E-state index contributed by atoms with van der Waals surface area (Å²) < 4.78 is 0. The second-order valence-electron chi connectivity index (χ2n) is 5.40. The molecule has 1 aromatic carbocycles. The fourth-order valence-corrected chi connectivity index (χ4v) is 3.01. The molecule has 1 unspecified atom stereocenters. The molecule has 0 radical (unpaired) electrons. The molecule has 2 saturated heterocycles. The average molecular weight is 289 g/mol. The summed E-state index contributed by atoms with van der Waals surface area (Å²) in [6.45, 7) is 3.73. The molecule has 7 heteroatoms. The Morgan fingerprint density at radius 1 is 1.38 bits per heavy atom. The van der Waals surface area contributed by atoms with Gasteiger partial charge in [-0.05, 0) is 11.6 Å². The van der Waals surface area contributed by atoms with E-state index in [1.165, 1.54) is 0 Å². The maximum Gasteiger partial charge on any atom is 0.317 e. The van der Waals surface area contributed by atoms with Crippen molar-refractivity contribution in [3.8, 4) is 0 Å². The minimum absolute atomic E-state index is 0.0301. The molecule has 0 spiro atoms. The Bertz CT molecular complexity index is 562. The van der Waals surface area contributed by atoms with E-state index in [9.17, 15) is 9.59 Å². The van der Waals surface area contributed by atoms with Gasteiger partial charge in [-0.1, -0.05) is 18.2 Å². The van der Waals surface area contributed by atoms with Crippen LogP contribution < -0.4 is 16.6 Å². The lowest BCUT2D eigenvalue weighted by atomic mass is 10.1. The van der Waals surface area contributed by atoms with Gasteiger partial charge in [0.25, 0.3) is 5.91 Å². The van der Waals surface area contributed by atoms with Gasteiger partial charge in [-0.3, -0.25) is 15.1 Å². The molecule has 0 aliphatic carbocycles. The van der Waals surface area contributed by atoms with Crippen LogP contribution in [0.4, 0.5) is 4.79 Å². The monoisotopic (exact) mass is 289 g/mol. The van der Waals surface area contributed by atoms with Crippen LogP contribution in [0.1, 0.15) is 15.9 Å². The van der Waals surface area contributed by atoms with Crippen LogP contribution in [0.5, 0.6) is 0 Å². The van der Waals surface area contributed by atoms with E-state index in [1.54, 1.807) is 6.07 Å². The summed E-state index contributed by atoms with van der Waals surface area (Å²) in [5.74, 6) is 4.95. The van der Waals surface area contributed by atoms with Crippen LogP contribution in [0, 0.1) is 0 Å². The topological polar surface area (TPSA) is 90.7 Å². The quantitative estimate of drug-likeness (QED) is 0.397. The van der Waals surface area contributed by atoms with E-state index in [2.05, 4.69) is 15.6 Å². The van der Waals surface area contributed by atoms with E-state index in [-0.39, 0.29) is 18.0 Å². The number of piperazine rings is 1. The van der Waals surface area contributed by atoms with Gasteiger partial charge in [-0.25, -0.2) is 10.6 Å². The average Bonchev–Trinajstić information content (AvgIpc) is 2.88. The molecule has 112 valence electrons. The van der Waals surface area contributed by atoms with E-state index in [0.29, 0.717) is 18.7 Å². The highest BCUT2D eigenvalue weighted by Gasteiger charge is 2.35. The third kappa shape index (κ3) is 2.70. The van der Waals surface area contributed by atoms with Crippen LogP contribution in [0.2, 0.25) is 0 Å². The number of nitrogens with zero attached hydrogens (tertiary/aromatic N) is 2. The Labute approximate surface area is 123 Å². The fraction of sp³-hybridized carbons (Fsp3) is 0.429. The third-order valence-electron chi connectivity index (χ3n) is 4.10. The molecule has 3 amide bonds. The summed E-state index contributed by atoms with van der Waals surface area (Å²) in [5, 5.41) is 2.86. The molecule has 2 heterocycles. The highest BCUT2D eigenvalue weighted by atomic mass is 16.2. The van der Waals surface area contributed by atoms with Gasteiger partial charge in [0, 0.05) is 38.3 Å². The molecule has 7 nitrogen and oxygen atoms in total. The molecular formula is C14H19N5O2. The first-order valence-corrected chi connectivity index (χ1v) is 7.04. The van der Waals surface area contributed by atoms with Crippen molar-refractivity contribution in [1.29, 1.82) is 0 Å². The summed E-state index contributed by atoms with van der Waals surface area (Å²) in [6.07, 6.45) is 0. The number of benzene rings is 1. The van der Waals surface area contributed by atoms with Crippen LogP contribution in [-0.4, -0.2) is 54.0 Å². The van der Waals surface area contributed by atoms with E-state index < -0.39 is 0 Å². The number of urea groups is 1. The number of nitrogens with one attached hydrogen (secondary N) is 2. The van der Waals surface area contributed by atoms with Crippen molar-refractivity contribution in [3.63, 3.8) is 0 Å². The Kier molecular flexibility index (Phi) is 3.76. The lowest BCUT2D eigenvalue weighted by molar-refractivity contribution is 0.0948. The number of amides is 3. The summed E-state index contributed by atoms with van der Waals surface area (Å²) in [5.41, 5.74) is 3.73. The number of hydrogen-bond acceptors (Lipinski definition) is 4. The normalized spacial score (nSPS) is 21.9. The maximum absolute atomic E-state index is 11.8. The van der Waals surface area contributed by atoms with Crippen LogP contribution in [0.3, 0.4) is 0 Å². The molecule has 0 aromatic heterocycles. The number of hydrazine groups is 1. The number of carbonyl (C=O) groups excluding carboxylic acids is 2. The zero-order valence-corrected chi connectivity index (χ0v) is 11.7. The van der Waals surface area contributed by atoms with E-state index in [0.717, 1.165) is 25.2 Å². The summed E-state index contributed by atoms with van der Waals surface area (Å²) >= 11 is 0. The van der Waals surface area contributed by atoms with Crippen LogP contribution >= 0.6 is 0 Å². The van der Waals surface area contributed by atoms with Crippen molar-refractivity contribution in [2.45, 2.75) is 12.6 Å². The Morgan fingerprint density at radius 2 is 2.19 bits per heavy atom. The Balaban J connectivity index is 1.70. The highest BCUT2D eigenvalue weighted by molar-refractivity contribution is 5.95. The van der Waals surface area contributed by atoms with Crippen molar-refractivity contribution >= 4 is 11.9 Å². The molecule has 1 aromatic rings. The number of carbonyl (C=O) groups is 2. The molecule has 4 N–H and O–H groups in total. The fourth-order valence-electron chi connectivity index (χ4n) is 3.01. The lowest BCUT2D eigenvalue weighted by Crippen LogP contribution is -2.51. The maximum atomic E-state index is 11.8. The number of nitrogens with two attached hydrogens (primary N) is 1. The van der Waals surface area contributed by atoms with E-state index >= 15 is 0 Å². The van der Waals surface area contributed by atoms with Gasteiger partial charge in [0.15, 0.2) is 0 Å². The van der Waals surface area contributed by atoms with Crippen molar-refractivity contribution in [1.82, 2.24) is 20.5 Å². The van der Waals surface area contributed by atoms with Gasteiger partial charge in [-0.15, -0.1) is 0 Å². The van der Waals surface area contributed by atoms with Crippen molar-refractivity contribution in [2.75, 3.05) is 26.2 Å². The van der Waals surface area contributed by atoms with Crippen molar-refractivity contribution in [3.05, 3.63) is 35.4 Å². The van der Waals surface area contributed by atoms with E-state index in [4.69, 9.17) is 5.84 Å². The first-order valence-electron chi connectivity index (χ1n) is 7.04. The van der Waals surface area contributed by atoms with Crippen LogP contribution in [-0.2, 0) is 6.54 Å². The van der Waals surface area contributed by atoms with Crippen molar-refractivity contribution in [2.24, 2.45) is 5.84 Å². The molecule has 2 aliphatic rings. The van der Waals surface area contributed by atoms with Gasteiger partial charge in [0.1, 0.15) is 0 Å². The van der Waals surface area contributed by atoms with Gasteiger partial charge >= 0.3 is 6.03 Å². The minimum atomic E-state index is -0.276. The van der Waals surface area contributed by atoms with Gasteiger partial charge in [-0.2, -0.15) is 0 Å². The van der Waals surface area contributed by atoms with Gasteiger partial charge in [0.05, 0.1) is 6.04 Å². The molecule has 3 rings (SSSR count). The predicted octanol–water partition coefficient (Wildman–Crippen LogP) is -0.500. The summed E-state index contributed by atoms with van der Waals surface area (Å²) in [7, 11) is 0. The molecular weight excluding hydrogens is 270 g/mol. The van der Waals surface area contributed by atoms with Crippen molar-refractivity contribution < 1.29 is 9.59 Å². The second-order valence-corrected chi connectivity index (χ2v) is 5.40. The zero-order valence-electron chi connectivity index (χ0n) is 11.7. The number of fused-ring (bicyclic) bond motifs is 1. The SMILES string of the molecule is NNC(=O)c1ccccc1CN1CCN2C(=O)NCC2C1. The summed E-state index contributed by atoms with van der Waals surface area (Å²) in [6, 6.07) is 7.71. The molecule has 1 atom stereocenters. The lowest BCUT2D eigenvalue weighted by Gasteiger charge is -2.36. The smallest absolute Gasteiger partial charge is 0.317 e. The molecule has 2 fully saturated rings. The zero-order chi connectivity index (χ0) is 14.8. The molecule has 21 heavy (non-hydrogen) atoms. The number of hydrogen-bond donors (Lipinski definition) is 3. The minimum Gasteiger partial charge on any atom is -0.336 e. The second kappa shape index (κ2) is 5.71. The highest BCUT2D eigenvalue weighted by Crippen LogP contribution is 2.18. The summed E-state index contributed by atoms with van der Waals surface area (Å²) in [4.78, 5) is 27.5. The standard InChI is InChI=1S/C14H19N5O2/c15-17-13(20)12-4-2-1-3-10(12)8-18-5-6-19-11(9-18)7-16-14(19)21/h1-4,11H,5-9,15H2,(H,16,21)(H,17,20). The van der Waals surface area contributed by atoms with Gasteiger partial charge < -0.3 is 10.2 Å². The Morgan fingerprint density at radius 3 is 3.00 bits per heavy atom. The first-order chi connectivity index (χ1) is 10.2. The molecule has 0 bridgehead atoms.